The van der Waals surface area contributed by atoms with E-state index >= 15 is 0 Å². The van der Waals surface area contributed by atoms with Gasteiger partial charge in [0, 0.05) is 19.5 Å². The lowest BCUT2D eigenvalue weighted by Crippen LogP contribution is -2.34. The van der Waals surface area contributed by atoms with Crippen molar-refractivity contribution in [1.29, 1.82) is 0 Å². The van der Waals surface area contributed by atoms with Gasteiger partial charge in [0.1, 0.15) is 5.69 Å². The molecule has 1 aromatic carbocycles. The molecule has 1 fully saturated rings. The Balaban J connectivity index is 2.05. The summed E-state index contributed by atoms with van der Waals surface area (Å²) in [4.78, 5) is 22.2. The summed E-state index contributed by atoms with van der Waals surface area (Å²) in [5.74, 6) is 0.873. The average Bonchev–Trinajstić information content (AvgIpc) is 2.66. The van der Waals surface area contributed by atoms with Gasteiger partial charge in [0.05, 0.1) is 22.4 Å². The van der Waals surface area contributed by atoms with Crippen molar-refractivity contribution >= 4 is 51.5 Å². The van der Waals surface area contributed by atoms with Gasteiger partial charge in [0.2, 0.25) is 0 Å². The third-order valence-electron chi connectivity index (χ3n) is 5.18. The number of nitrogens with two attached hydrogens (primary N) is 1. The minimum atomic E-state index is -0.133. The standard InChI is InChI=1S/C19H27N5OS2/c1-24(12-6-4-3-5-7-12)17-11-15-14(10-16(17)23-19(20)26)22-18(25)13(21-15)8-9-27-2/h10-12H,3-9H2,1-2H3,(H,22,25)(H3,20,23,26). The second-order valence-electron chi connectivity index (χ2n) is 7.03. The molecule has 0 spiro atoms. The highest BCUT2D eigenvalue weighted by molar-refractivity contribution is 7.98. The van der Waals surface area contributed by atoms with Gasteiger partial charge in [-0.3, -0.25) is 4.79 Å². The molecule has 8 heteroatoms. The largest absolute Gasteiger partial charge is 0.376 e. The fourth-order valence-electron chi connectivity index (χ4n) is 3.72. The first-order chi connectivity index (χ1) is 13.0. The van der Waals surface area contributed by atoms with Crippen LogP contribution in [0, 0.1) is 0 Å². The number of aryl methyl sites for hydroxylation is 1. The number of nitrogens with zero attached hydrogens (tertiary/aromatic N) is 2. The number of aromatic nitrogens is 2. The van der Waals surface area contributed by atoms with Gasteiger partial charge in [-0.15, -0.1) is 0 Å². The topological polar surface area (TPSA) is 87.0 Å². The monoisotopic (exact) mass is 405 g/mol. The zero-order valence-corrected chi connectivity index (χ0v) is 17.5. The molecule has 1 aliphatic carbocycles. The number of hydrogen-bond donors (Lipinski definition) is 3. The van der Waals surface area contributed by atoms with Gasteiger partial charge >= 0.3 is 0 Å². The molecule has 0 aliphatic heterocycles. The number of nitrogens with one attached hydrogen (secondary N) is 2. The van der Waals surface area contributed by atoms with Crippen LogP contribution in [0.4, 0.5) is 11.4 Å². The zero-order valence-electron chi connectivity index (χ0n) is 15.9. The highest BCUT2D eigenvalue weighted by Crippen LogP contribution is 2.33. The second-order valence-corrected chi connectivity index (χ2v) is 8.46. The van der Waals surface area contributed by atoms with Crippen molar-refractivity contribution in [3.8, 4) is 0 Å². The quantitative estimate of drug-likeness (QED) is 0.636. The molecular formula is C19H27N5OS2. The van der Waals surface area contributed by atoms with E-state index in [9.17, 15) is 4.79 Å². The van der Waals surface area contributed by atoms with Crippen LogP contribution in [0.3, 0.4) is 0 Å². The van der Waals surface area contributed by atoms with E-state index < -0.39 is 0 Å². The number of hydrogen-bond acceptors (Lipinski definition) is 5. The summed E-state index contributed by atoms with van der Waals surface area (Å²) in [5.41, 5.74) is 9.48. The third-order valence-corrected chi connectivity index (χ3v) is 5.90. The molecule has 146 valence electrons. The van der Waals surface area contributed by atoms with E-state index in [-0.39, 0.29) is 10.7 Å². The van der Waals surface area contributed by atoms with Crippen LogP contribution in [-0.4, -0.2) is 40.2 Å². The van der Waals surface area contributed by atoms with Gasteiger partial charge < -0.3 is 20.9 Å². The Labute approximate surface area is 169 Å². The molecule has 0 unspecified atom stereocenters. The van der Waals surface area contributed by atoms with Gasteiger partial charge in [-0.2, -0.15) is 11.8 Å². The molecule has 0 atom stereocenters. The molecule has 2 aromatic rings. The van der Waals surface area contributed by atoms with Gasteiger partial charge in [-0.1, -0.05) is 19.3 Å². The molecule has 27 heavy (non-hydrogen) atoms. The van der Waals surface area contributed by atoms with Gasteiger partial charge in [0.15, 0.2) is 5.11 Å². The summed E-state index contributed by atoms with van der Waals surface area (Å²) in [6.45, 7) is 0. The van der Waals surface area contributed by atoms with Crippen LogP contribution in [0.1, 0.15) is 37.8 Å². The van der Waals surface area contributed by atoms with Gasteiger partial charge in [-0.25, -0.2) is 4.98 Å². The lowest BCUT2D eigenvalue weighted by Gasteiger charge is -2.34. The summed E-state index contributed by atoms with van der Waals surface area (Å²) in [5, 5.41) is 3.28. The Morgan fingerprint density at radius 1 is 1.41 bits per heavy atom. The molecule has 1 heterocycles. The molecule has 0 bridgehead atoms. The molecule has 3 rings (SSSR count). The van der Waals surface area contributed by atoms with Crippen LogP contribution in [0.25, 0.3) is 11.0 Å². The Hall–Kier alpha value is -1.80. The van der Waals surface area contributed by atoms with Crippen LogP contribution in [0.15, 0.2) is 16.9 Å². The van der Waals surface area contributed by atoms with Crippen molar-refractivity contribution in [2.75, 3.05) is 29.3 Å². The molecule has 0 radical (unpaired) electrons. The van der Waals surface area contributed by atoms with Crippen LogP contribution in [0.5, 0.6) is 0 Å². The predicted octanol–water partition coefficient (Wildman–Crippen LogP) is 3.25. The zero-order chi connectivity index (χ0) is 19.4. The van der Waals surface area contributed by atoms with Gasteiger partial charge in [0.25, 0.3) is 5.56 Å². The molecular weight excluding hydrogens is 378 g/mol. The lowest BCUT2D eigenvalue weighted by molar-refractivity contribution is 0.428. The van der Waals surface area contributed by atoms with Crippen LogP contribution >= 0.6 is 24.0 Å². The molecule has 0 saturated heterocycles. The predicted molar refractivity (Wildman–Crippen MR) is 120 cm³/mol. The number of rotatable bonds is 6. The first-order valence-electron chi connectivity index (χ1n) is 9.34. The van der Waals surface area contributed by atoms with E-state index in [0.717, 1.165) is 22.6 Å². The van der Waals surface area contributed by atoms with Crippen molar-refractivity contribution in [2.24, 2.45) is 5.73 Å². The molecule has 4 N–H and O–H groups in total. The fourth-order valence-corrected chi connectivity index (χ4v) is 4.23. The number of thioether (sulfide) groups is 1. The minimum Gasteiger partial charge on any atom is -0.376 e. The van der Waals surface area contributed by atoms with Crippen molar-refractivity contribution < 1.29 is 0 Å². The minimum absolute atomic E-state index is 0.133. The van der Waals surface area contributed by atoms with E-state index in [1.54, 1.807) is 11.8 Å². The van der Waals surface area contributed by atoms with Crippen LogP contribution < -0.4 is 21.5 Å². The van der Waals surface area contributed by atoms with Crippen molar-refractivity contribution in [1.82, 2.24) is 9.97 Å². The van der Waals surface area contributed by atoms with Crippen molar-refractivity contribution in [2.45, 2.75) is 44.6 Å². The van der Waals surface area contributed by atoms with Gasteiger partial charge in [-0.05, 0) is 49.2 Å². The van der Waals surface area contributed by atoms with Crippen molar-refractivity contribution in [3.63, 3.8) is 0 Å². The summed E-state index contributed by atoms with van der Waals surface area (Å²) < 4.78 is 0. The van der Waals surface area contributed by atoms with E-state index in [4.69, 9.17) is 18.0 Å². The third kappa shape index (κ3) is 4.73. The number of fused-ring (bicyclic) bond motifs is 1. The summed E-state index contributed by atoms with van der Waals surface area (Å²) in [6.07, 6.45) is 8.86. The van der Waals surface area contributed by atoms with E-state index in [2.05, 4.69) is 27.2 Å². The molecule has 1 aromatic heterocycles. The van der Waals surface area contributed by atoms with E-state index in [1.807, 2.05) is 18.4 Å². The SMILES string of the molecule is CSCCc1nc2cc(N(C)C3CCCCC3)c(NC(N)=S)cc2[nH]c1=O. The van der Waals surface area contributed by atoms with Crippen LogP contribution in [-0.2, 0) is 6.42 Å². The van der Waals surface area contributed by atoms with Crippen LogP contribution in [0.2, 0.25) is 0 Å². The van der Waals surface area contributed by atoms with Crippen molar-refractivity contribution in [3.05, 3.63) is 28.2 Å². The highest BCUT2D eigenvalue weighted by Gasteiger charge is 2.21. The summed E-state index contributed by atoms with van der Waals surface area (Å²) >= 11 is 6.76. The number of anilines is 2. The summed E-state index contributed by atoms with van der Waals surface area (Å²) in [7, 11) is 2.11. The molecule has 6 nitrogen and oxygen atoms in total. The first kappa shape index (κ1) is 19.9. The smallest absolute Gasteiger partial charge is 0.270 e. The normalized spacial score (nSPS) is 15.0. The average molecular weight is 406 g/mol. The maximum Gasteiger partial charge on any atom is 0.270 e. The first-order valence-corrected chi connectivity index (χ1v) is 11.1. The number of H-pyrrole nitrogens is 1. The Morgan fingerprint density at radius 2 is 2.15 bits per heavy atom. The van der Waals surface area contributed by atoms with E-state index in [1.165, 1.54) is 32.1 Å². The number of benzene rings is 1. The summed E-state index contributed by atoms with van der Waals surface area (Å²) in [6, 6.07) is 4.40. The lowest BCUT2D eigenvalue weighted by atomic mass is 9.94. The molecule has 1 saturated carbocycles. The molecule has 0 amide bonds. The second kappa shape index (κ2) is 8.93. The number of thiocarbonyl (C=S) groups is 1. The highest BCUT2D eigenvalue weighted by atomic mass is 32.2. The Bertz CT molecular complexity index is 876. The number of aromatic amines is 1. The maximum absolute atomic E-state index is 12.3. The fraction of sp³-hybridized carbons (Fsp3) is 0.526. The molecule has 1 aliphatic rings. The van der Waals surface area contributed by atoms with E-state index in [0.29, 0.717) is 23.7 Å². The Kier molecular flexibility index (Phi) is 6.59. The Morgan fingerprint density at radius 3 is 2.81 bits per heavy atom. The maximum atomic E-state index is 12.3.